The summed E-state index contributed by atoms with van der Waals surface area (Å²) in [4.78, 5) is 27.0. The molecule has 0 bridgehead atoms. The minimum atomic E-state index is -0.969. The first kappa shape index (κ1) is 28.5. The molecule has 4 rings (SSSR count). The summed E-state index contributed by atoms with van der Waals surface area (Å²) in [5.74, 6) is -3.08. The van der Waals surface area contributed by atoms with E-state index in [-0.39, 0.29) is 31.4 Å². The Kier molecular flexibility index (Phi) is 9.20. The number of ether oxygens (including phenoxy) is 1. The Morgan fingerprint density at radius 3 is 2.56 bits per heavy atom. The van der Waals surface area contributed by atoms with Crippen molar-refractivity contribution in [3.8, 4) is 11.5 Å². The number of benzene rings is 2. The largest absolute Gasteiger partial charge is 0.505 e. The molecule has 0 radical (unpaired) electrons. The molecule has 1 aliphatic heterocycles. The molecule has 1 aliphatic carbocycles. The van der Waals surface area contributed by atoms with Gasteiger partial charge in [0.15, 0.2) is 11.6 Å². The van der Waals surface area contributed by atoms with Gasteiger partial charge in [0.25, 0.3) is 0 Å². The Balaban J connectivity index is 1.61. The molecule has 0 aromatic heterocycles. The molecule has 2 aliphatic rings. The van der Waals surface area contributed by atoms with Gasteiger partial charge in [-0.15, -0.1) is 0 Å². The highest BCUT2D eigenvalue weighted by Crippen LogP contribution is 2.46. The second-order valence-corrected chi connectivity index (χ2v) is 10.3. The molecule has 4 atom stereocenters. The normalized spacial score (nSPS) is 22.3. The molecule has 0 saturated carbocycles. The van der Waals surface area contributed by atoms with Crippen LogP contribution in [0.5, 0.6) is 11.5 Å². The van der Waals surface area contributed by atoms with Crippen LogP contribution in [-0.4, -0.2) is 58.4 Å². The monoisotopic (exact) mass is 537 g/mol. The maximum absolute atomic E-state index is 13.9. The minimum Gasteiger partial charge on any atom is -0.505 e. The molecule has 2 aromatic rings. The maximum atomic E-state index is 13.9. The van der Waals surface area contributed by atoms with Gasteiger partial charge in [-0.3, -0.25) is 14.5 Å². The zero-order chi connectivity index (χ0) is 28.1. The number of aliphatic hydroxyl groups excluding tert-OH is 2. The average Bonchev–Trinajstić information content (AvgIpc) is 3.15. The number of phenolic OH excluding ortho intramolecular Hbond substituents is 1. The van der Waals surface area contributed by atoms with Crippen LogP contribution in [0.4, 0.5) is 4.39 Å². The van der Waals surface area contributed by atoms with Crippen molar-refractivity contribution >= 4 is 17.9 Å². The number of imide groups is 1. The molecule has 39 heavy (non-hydrogen) atoms. The summed E-state index contributed by atoms with van der Waals surface area (Å²) in [5, 5.41) is 31.4. The van der Waals surface area contributed by atoms with E-state index in [0.717, 1.165) is 28.9 Å². The number of hydrogen-bond donors (Lipinski definition) is 3. The van der Waals surface area contributed by atoms with Gasteiger partial charge in [0.2, 0.25) is 11.8 Å². The number of para-hydroxylation sites is 1. The van der Waals surface area contributed by atoms with Gasteiger partial charge in [-0.2, -0.15) is 0 Å². The molecule has 1 fully saturated rings. The molecule has 208 valence electrons. The van der Waals surface area contributed by atoms with E-state index >= 15 is 0 Å². The zero-order valence-electron chi connectivity index (χ0n) is 22.3. The SMILES string of the molecule is CCC/C(=C\c1ccc(O)c(F)c1)CC[C@@H](O)C1=C(COc2ccccc2)C[C@H]2C(=O)N(C)C(=O)[C@H]2[C@H]1CO. The summed E-state index contributed by atoms with van der Waals surface area (Å²) in [6.45, 7) is 1.79. The van der Waals surface area contributed by atoms with Crippen molar-refractivity contribution in [1.29, 1.82) is 0 Å². The van der Waals surface area contributed by atoms with Crippen molar-refractivity contribution in [2.75, 3.05) is 20.3 Å². The molecular weight excluding hydrogens is 501 g/mol. The van der Waals surface area contributed by atoms with Crippen LogP contribution in [-0.2, 0) is 9.59 Å². The number of allylic oxidation sites excluding steroid dienone is 1. The van der Waals surface area contributed by atoms with Gasteiger partial charge >= 0.3 is 0 Å². The quantitative estimate of drug-likeness (QED) is 0.288. The van der Waals surface area contributed by atoms with Gasteiger partial charge in [-0.25, -0.2) is 4.39 Å². The van der Waals surface area contributed by atoms with Crippen LogP contribution < -0.4 is 4.74 Å². The molecule has 2 aromatic carbocycles. The number of fused-ring (bicyclic) bond motifs is 1. The third-order valence-corrected chi connectivity index (χ3v) is 7.77. The first-order valence-corrected chi connectivity index (χ1v) is 13.4. The van der Waals surface area contributed by atoms with Crippen molar-refractivity contribution in [3.63, 3.8) is 0 Å². The Labute approximate surface area is 228 Å². The molecule has 0 unspecified atom stereocenters. The summed E-state index contributed by atoms with van der Waals surface area (Å²) < 4.78 is 19.9. The summed E-state index contributed by atoms with van der Waals surface area (Å²) in [6.07, 6.45) is 3.59. The molecule has 0 spiro atoms. The van der Waals surface area contributed by atoms with Crippen LogP contribution in [0.25, 0.3) is 6.08 Å². The van der Waals surface area contributed by atoms with E-state index in [4.69, 9.17) is 4.74 Å². The van der Waals surface area contributed by atoms with Crippen molar-refractivity contribution < 1.29 is 34.0 Å². The molecule has 8 heteroatoms. The van der Waals surface area contributed by atoms with Crippen molar-refractivity contribution in [1.82, 2.24) is 4.90 Å². The van der Waals surface area contributed by atoms with Crippen LogP contribution in [0.2, 0.25) is 0 Å². The van der Waals surface area contributed by atoms with Crippen molar-refractivity contribution in [2.45, 2.75) is 45.1 Å². The van der Waals surface area contributed by atoms with Crippen molar-refractivity contribution in [3.05, 3.63) is 76.6 Å². The molecular formula is C31H36FNO6. The summed E-state index contributed by atoms with van der Waals surface area (Å²) in [6, 6.07) is 13.4. The topological polar surface area (TPSA) is 107 Å². The Morgan fingerprint density at radius 1 is 1.15 bits per heavy atom. The lowest BCUT2D eigenvalue weighted by Crippen LogP contribution is -2.39. The number of aliphatic hydroxyl groups is 2. The summed E-state index contributed by atoms with van der Waals surface area (Å²) >= 11 is 0. The zero-order valence-corrected chi connectivity index (χ0v) is 22.3. The number of nitrogens with zero attached hydrogens (tertiary/aromatic N) is 1. The maximum Gasteiger partial charge on any atom is 0.233 e. The van der Waals surface area contributed by atoms with Crippen LogP contribution in [0, 0.1) is 23.6 Å². The highest BCUT2D eigenvalue weighted by atomic mass is 19.1. The van der Waals surface area contributed by atoms with Gasteiger partial charge in [0, 0.05) is 13.0 Å². The van der Waals surface area contributed by atoms with E-state index in [2.05, 4.69) is 0 Å². The van der Waals surface area contributed by atoms with Crippen LogP contribution in [0.3, 0.4) is 0 Å². The van der Waals surface area contributed by atoms with E-state index < -0.39 is 35.4 Å². The number of carbonyl (C=O) groups excluding carboxylic acids is 2. The van der Waals surface area contributed by atoms with Gasteiger partial charge in [-0.05, 0) is 66.7 Å². The number of hydrogen-bond acceptors (Lipinski definition) is 6. The van der Waals surface area contributed by atoms with Gasteiger partial charge in [0.05, 0.1) is 24.5 Å². The van der Waals surface area contributed by atoms with Crippen LogP contribution in [0.15, 0.2) is 65.3 Å². The fraction of sp³-hybridized carbons (Fsp3) is 0.419. The molecule has 1 saturated heterocycles. The van der Waals surface area contributed by atoms with E-state index in [0.29, 0.717) is 29.7 Å². The van der Waals surface area contributed by atoms with Crippen LogP contribution >= 0.6 is 0 Å². The molecule has 3 N–H and O–H groups in total. The Hall–Kier alpha value is -3.49. The average molecular weight is 538 g/mol. The lowest BCUT2D eigenvalue weighted by Gasteiger charge is -2.36. The van der Waals surface area contributed by atoms with Gasteiger partial charge in [0.1, 0.15) is 12.4 Å². The third kappa shape index (κ3) is 6.23. The highest BCUT2D eigenvalue weighted by Gasteiger charge is 2.53. The fourth-order valence-corrected chi connectivity index (χ4v) is 5.85. The number of phenols is 1. The Morgan fingerprint density at radius 2 is 1.90 bits per heavy atom. The molecule has 2 amide bonds. The van der Waals surface area contributed by atoms with E-state index in [1.54, 1.807) is 6.07 Å². The standard InChI is InChI=1S/C31H36FNO6/c1-3-7-19(14-20-11-12-26(35)25(32)15-20)10-13-27(36)28-21(18-39-22-8-5-4-6-9-22)16-23-29(24(28)17-34)31(38)33(2)30(23)37/h4-6,8-9,11-12,14-15,23-24,27,29,34-36H,3,7,10,13,16-18H2,1-2H3/b19-14+/t23-,24+,27-,29-/m1/s1. The predicted molar refractivity (Wildman–Crippen MR) is 145 cm³/mol. The second-order valence-electron chi connectivity index (χ2n) is 10.3. The number of carbonyl (C=O) groups is 2. The number of amides is 2. The number of likely N-dealkylation sites (tertiary alicyclic amines) is 1. The summed E-state index contributed by atoms with van der Waals surface area (Å²) in [5.41, 5.74) is 2.92. The second kappa shape index (κ2) is 12.6. The first-order chi connectivity index (χ1) is 18.7. The van der Waals surface area contributed by atoms with Gasteiger partial charge < -0.3 is 20.1 Å². The van der Waals surface area contributed by atoms with Gasteiger partial charge in [-0.1, -0.05) is 49.3 Å². The van der Waals surface area contributed by atoms with Crippen molar-refractivity contribution in [2.24, 2.45) is 17.8 Å². The predicted octanol–water partition coefficient (Wildman–Crippen LogP) is 4.47. The number of halogens is 1. The minimum absolute atomic E-state index is 0.131. The van der Waals surface area contributed by atoms with Crippen LogP contribution in [0.1, 0.15) is 44.6 Å². The number of aromatic hydroxyl groups is 1. The summed E-state index contributed by atoms with van der Waals surface area (Å²) in [7, 11) is 1.46. The smallest absolute Gasteiger partial charge is 0.233 e. The number of rotatable bonds is 11. The fourth-order valence-electron chi connectivity index (χ4n) is 5.85. The third-order valence-electron chi connectivity index (χ3n) is 7.77. The Bertz CT molecular complexity index is 1260. The molecule has 7 nitrogen and oxygen atoms in total. The lowest BCUT2D eigenvalue weighted by atomic mass is 9.68. The molecule has 1 heterocycles. The van der Waals surface area contributed by atoms with E-state index in [1.165, 1.54) is 19.2 Å². The van der Waals surface area contributed by atoms with E-state index in [9.17, 15) is 29.3 Å². The highest BCUT2D eigenvalue weighted by molar-refractivity contribution is 6.05. The van der Waals surface area contributed by atoms with E-state index in [1.807, 2.05) is 43.3 Å². The first-order valence-electron chi connectivity index (χ1n) is 13.4. The lowest BCUT2D eigenvalue weighted by molar-refractivity contribution is -0.138.